The zero-order valence-corrected chi connectivity index (χ0v) is 17.9. The summed E-state index contributed by atoms with van der Waals surface area (Å²) in [6, 6.07) is 14.4. The van der Waals surface area contributed by atoms with Gasteiger partial charge in [0.15, 0.2) is 0 Å². The van der Waals surface area contributed by atoms with Crippen molar-refractivity contribution >= 4 is 32.5 Å². The van der Waals surface area contributed by atoms with E-state index in [1.807, 2.05) is 35.2 Å². The summed E-state index contributed by atoms with van der Waals surface area (Å²) in [4.78, 5) is 16.3. The number of halogens is 1. The highest BCUT2D eigenvalue weighted by Gasteiger charge is 2.34. The highest BCUT2D eigenvalue weighted by molar-refractivity contribution is 8.00. The van der Waals surface area contributed by atoms with Crippen molar-refractivity contribution in [2.24, 2.45) is 4.40 Å². The number of nitrogens with zero attached hydrogens (tertiary/aromatic N) is 3. The fourth-order valence-corrected chi connectivity index (χ4v) is 5.32. The number of rotatable bonds is 2. The third kappa shape index (κ3) is 4.46. The van der Waals surface area contributed by atoms with Crippen molar-refractivity contribution in [3.63, 3.8) is 0 Å². The van der Waals surface area contributed by atoms with E-state index in [2.05, 4.69) is 9.71 Å². The largest absolute Gasteiger partial charge is 0.354 e. The summed E-state index contributed by atoms with van der Waals surface area (Å²) in [5.74, 6) is -0.0374. The molecule has 0 atom stereocenters. The predicted octanol–water partition coefficient (Wildman–Crippen LogP) is 3.54. The van der Waals surface area contributed by atoms with Crippen LogP contribution in [0.4, 0.5) is 14.9 Å². The van der Waals surface area contributed by atoms with Crippen LogP contribution in [-0.2, 0) is 10.0 Å². The van der Waals surface area contributed by atoms with E-state index < -0.39 is 15.8 Å². The second-order valence-electron chi connectivity index (χ2n) is 7.47. The Hall–Kier alpha value is -3.20. The maximum Gasteiger partial charge on any atom is 0.321 e. The van der Waals surface area contributed by atoms with Crippen LogP contribution in [-0.4, -0.2) is 56.3 Å². The Bertz CT molecular complexity index is 1150. The lowest BCUT2D eigenvalue weighted by Crippen LogP contribution is -2.39. The van der Waals surface area contributed by atoms with Gasteiger partial charge in [0, 0.05) is 37.4 Å². The number of sulfonamides is 1. The maximum absolute atomic E-state index is 13.3. The van der Waals surface area contributed by atoms with Gasteiger partial charge in [0.2, 0.25) is 0 Å². The molecule has 162 valence electrons. The van der Waals surface area contributed by atoms with Crippen molar-refractivity contribution in [2.75, 3.05) is 31.5 Å². The van der Waals surface area contributed by atoms with Crippen LogP contribution >= 0.6 is 0 Å². The number of hydrogen-bond acceptors (Lipinski definition) is 4. The molecule has 2 aliphatic rings. The topological polar surface area (TPSA) is 82.1 Å². The van der Waals surface area contributed by atoms with E-state index in [1.54, 1.807) is 11.8 Å². The summed E-state index contributed by atoms with van der Waals surface area (Å²) in [7, 11) is -3.87. The molecule has 0 saturated carbocycles. The van der Waals surface area contributed by atoms with E-state index in [4.69, 9.17) is 0 Å². The summed E-state index contributed by atoms with van der Waals surface area (Å²) >= 11 is 0. The van der Waals surface area contributed by atoms with Crippen molar-refractivity contribution in [2.45, 2.75) is 13.3 Å². The van der Waals surface area contributed by atoms with Crippen LogP contribution in [0.2, 0.25) is 0 Å². The van der Waals surface area contributed by atoms with Gasteiger partial charge in [-0.05, 0) is 43.2 Å². The number of carbonyl (C=O) groups is 1. The van der Waals surface area contributed by atoms with Gasteiger partial charge >= 0.3 is 6.03 Å². The second-order valence-corrected chi connectivity index (χ2v) is 9.02. The molecule has 0 bridgehead atoms. The molecule has 2 aliphatic heterocycles. The first-order valence-corrected chi connectivity index (χ1v) is 11.5. The van der Waals surface area contributed by atoms with Crippen LogP contribution in [0.25, 0.3) is 4.91 Å². The number of benzene rings is 2. The molecule has 0 unspecified atom stereocenters. The number of nitrogens with one attached hydrogen (secondary N) is 1. The van der Waals surface area contributed by atoms with Gasteiger partial charge < -0.3 is 15.1 Å². The molecule has 7 nitrogen and oxygen atoms in total. The van der Waals surface area contributed by atoms with Crippen LogP contribution in [0, 0.1) is 5.82 Å². The highest BCUT2D eigenvalue weighted by atomic mass is 32.2. The monoisotopic (exact) mass is 442 g/mol. The Morgan fingerprint density at radius 2 is 1.71 bits per heavy atom. The third-order valence-corrected chi connectivity index (χ3v) is 6.83. The number of anilines is 1. The first kappa shape index (κ1) is 21.0. The van der Waals surface area contributed by atoms with Crippen LogP contribution in [0.5, 0.6) is 0 Å². The minimum atomic E-state index is -3.87. The summed E-state index contributed by atoms with van der Waals surface area (Å²) in [6.07, 6.45) is 0.681. The number of amidine groups is 1. The van der Waals surface area contributed by atoms with Gasteiger partial charge in [-0.2, -0.15) is 8.42 Å². The Morgan fingerprint density at radius 1 is 1.00 bits per heavy atom. The summed E-state index contributed by atoms with van der Waals surface area (Å²) in [5, 5.41) is 2.88. The fraction of sp³-hybridized carbons (Fsp3) is 0.273. The molecule has 0 spiro atoms. The molecule has 31 heavy (non-hydrogen) atoms. The summed E-state index contributed by atoms with van der Waals surface area (Å²) < 4.78 is 42.8. The first-order valence-electron chi connectivity index (χ1n) is 10.0. The van der Waals surface area contributed by atoms with Gasteiger partial charge in [-0.25, -0.2) is 9.18 Å². The first-order chi connectivity index (χ1) is 14.8. The fourth-order valence-electron chi connectivity index (χ4n) is 3.84. The molecular weight excluding hydrogens is 419 g/mol. The van der Waals surface area contributed by atoms with Gasteiger partial charge in [-0.1, -0.05) is 30.3 Å². The molecule has 2 aromatic rings. The molecule has 0 radical (unpaired) electrons. The van der Waals surface area contributed by atoms with Gasteiger partial charge in [-0.3, -0.25) is 0 Å². The van der Waals surface area contributed by atoms with Gasteiger partial charge in [0.25, 0.3) is 10.0 Å². The lowest BCUT2D eigenvalue weighted by atomic mass is 10.1. The van der Waals surface area contributed by atoms with E-state index in [0.29, 0.717) is 49.6 Å². The molecule has 0 aromatic heterocycles. The van der Waals surface area contributed by atoms with E-state index in [-0.39, 0.29) is 10.9 Å². The maximum atomic E-state index is 13.3. The normalized spacial score (nSPS) is 18.6. The Labute approximate surface area is 180 Å². The van der Waals surface area contributed by atoms with Crippen LogP contribution in [0.1, 0.15) is 18.9 Å². The zero-order valence-electron chi connectivity index (χ0n) is 17.1. The van der Waals surface area contributed by atoms with E-state index >= 15 is 0 Å². The van der Waals surface area contributed by atoms with E-state index in [0.717, 1.165) is 5.69 Å². The Balaban J connectivity index is 1.50. The van der Waals surface area contributed by atoms with Crippen molar-refractivity contribution in [1.82, 2.24) is 9.80 Å². The quantitative estimate of drug-likeness (QED) is 0.771. The standard InChI is InChI=1S/C22H23FN4O3S/c1-16-20(17-8-10-18(23)11-9-17)31(29,30)25-21(16)26-12-5-13-27(15-14-26)22(28)24-19-6-3-2-4-7-19/h2-4,6-11H,5,12-15H2,1H3,(H,24,28). The van der Waals surface area contributed by atoms with Gasteiger partial charge in [-0.15, -0.1) is 4.40 Å². The Morgan fingerprint density at radius 3 is 2.42 bits per heavy atom. The van der Waals surface area contributed by atoms with Crippen molar-refractivity contribution in [3.05, 3.63) is 71.6 Å². The zero-order chi connectivity index (χ0) is 22.0. The number of urea groups is 1. The molecule has 2 heterocycles. The number of carbonyl (C=O) groups excluding carboxylic acids is 1. The minimum absolute atomic E-state index is 0.102. The molecule has 2 aromatic carbocycles. The predicted molar refractivity (Wildman–Crippen MR) is 119 cm³/mol. The molecular formula is C22H23FN4O3S. The van der Waals surface area contributed by atoms with Gasteiger partial charge in [0.1, 0.15) is 16.6 Å². The van der Waals surface area contributed by atoms with Gasteiger partial charge in [0.05, 0.1) is 0 Å². The van der Waals surface area contributed by atoms with E-state index in [9.17, 15) is 17.6 Å². The van der Waals surface area contributed by atoms with Crippen LogP contribution in [0.15, 0.2) is 64.6 Å². The molecule has 9 heteroatoms. The second kappa shape index (κ2) is 8.50. The molecule has 0 aliphatic carbocycles. The molecule has 1 saturated heterocycles. The molecule has 2 amide bonds. The average Bonchev–Trinajstić information content (AvgIpc) is 2.90. The van der Waals surface area contributed by atoms with Crippen LogP contribution in [0.3, 0.4) is 0 Å². The molecule has 4 rings (SSSR count). The van der Waals surface area contributed by atoms with Crippen molar-refractivity contribution in [1.29, 1.82) is 0 Å². The average molecular weight is 443 g/mol. The summed E-state index contributed by atoms with van der Waals surface area (Å²) in [6.45, 7) is 3.76. The van der Waals surface area contributed by atoms with Crippen molar-refractivity contribution < 1.29 is 17.6 Å². The SMILES string of the molecule is CC1=C(c2ccc(F)cc2)S(=O)(=O)N=C1N1CCCN(C(=O)Nc2ccccc2)CC1. The highest BCUT2D eigenvalue weighted by Crippen LogP contribution is 2.33. The minimum Gasteiger partial charge on any atom is -0.354 e. The molecule has 1 N–H and O–H groups in total. The number of hydrogen-bond donors (Lipinski definition) is 1. The van der Waals surface area contributed by atoms with E-state index in [1.165, 1.54) is 24.3 Å². The molecule has 1 fully saturated rings. The van der Waals surface area contributed by atoms with Crippen LogP contribution < -0.4 is 5.32 Å². The summed E-state index contributed by atoms with van der Waals surface area (Å²) in [5.41, 5.74) is 1.67. The third-order valence-electron chi connectivity index (χ3n) is 5.35. The van der Waals surface area contributed by atoms with Crippen molar-refractivity contribution in [3.8, 4) is 0 Å². The Kier molecular flexibility index (Phi) is 5.77. The number of para-hydroxylation sites is 1. The smallest absolute Gasteiger partial charge is 0.321 e. The number of amides is 2. The lowest BCUT2D eigenvalue weighted by molar-refractivity contribution is 0.214. The lowest BCUT2D eigenvalue weighted by Gasteiger charge is -2.24.